The molecule has 94 valence electrons. The first-order valence-electron chi connectivity index (χ1n) is 5.89. The number of amides is 1. The van der Waals surface area contributed by atoms with Crippen molar-refractivity contribution >= 4 is 5.91 Å². The molecule has 0 saturated heterocycles. The summed E-state index contributed by atoms with van der Waals surface area (Å²) in [4.78, 5) is 11.7. The number of nitrogens with zero attached hydrogens (tertiary/aromatic N) is 1. The molecule has 0 radical (unpaired) electrons. The van der Waals surface area contributed by atoms with Crippen LogP contribution in [0.4, 0.5) is 0 Å². The van der Waals surface area contributed by atoms with Gasteiger partial charge in [-0.2, -0.15) is 0 Å². The van der Waals surface area contributed by atoms with Gasteiger partial charge in [0.25, 0.3) is 0 Å². The van der Waals surface area contributed by atoms with Crippen molar-refractivity contribution in [3.8, 4) is 5.75 Å². The van der Waals surface area contributed by atoms with Crippen LogP contribution < -0.4 is 5.32 Å². The maximum Gasteiger partial charge on any atom is 0.224 e. The van der Waals surface area contributed by atoms with Crippen LogP contribution in [0.3, 0.4) is 0 Å². The summed E-state index contributed by atoms with van der Waals surface area (Å²) in [6, 6.07) is 10.7. The van der Waals surface area contributed by atoms with E-state index in [2.05, 4.69) is 5.32 Å². The van der Waals surface area contributed by atoms with Crippen molar-refractivity contribution in [3.63, 3.8) is 0 Å². The third kappa shape index (κ3) is 3.66. The second-order valence-electron chi connectivity index (χ2n) is 4.12. The lowest BCUT2D eigenvalue weighted by atomic mass is 10.1. The molecule has 0 fully saturated rings. The normalized spacial score (nSPS) is 10.2. The van der Waals surface area contributed by atoms with Crippen LogP contribution >= 0.6 is 0 Å². The van der Waals surface area contributed by atoms with E-state index >= 15 is 0 Å². The number of carbonyl (C=O) groups excluding carboxylic acids is 1. The number of phenolic OH excluding ortho intramolecular Hbond substituents is 1. The van der Waals surface area contributed by atoms with E-state index < -0.39 is 0 Å². The number of carbonyl (C=O) groups is 1. The second kappa shape index (κ2) is 5.91. The van der Waals surface area contributed by atoms with Gasteiger partial charge in [0.05, 0.1) is 6.42 Å². The molecule has 4 heteroatoms. The van der Waals surface area contributed by atoms with Crippen molar-refractivity contribution in [2.24, 2.45) is 0 Å². The highest BCUT2D eigenvalue weighted by Gasteiger charge is 2.03. The summed E-state index contributed by atoms with van der Waals surface area (Å²) in [6.07, 6.45) is 4.21. The summed E-state index contributed by atoms with van der Waals surface area (Å²) in [5, 5.41) is 12.1. The van der Waals surface area contributed by atoms with Crippen molar-refractivity contribution in [3.05, 3.63) is 54.4 Å². The molecular formula is C14H16N2O2. The Kier molecular flexibility index (Phi) is 4.02. The molecule has 0 atom stereocenters. The van der Waals surface area contributed by atoms with Gasteiger partial charge in [0, 0.05) is 25.5 Å². The van der Waals surface area contributed by atoms with Crippen molar-refractivity contribution in [2.75, 3.05) is 6.54 Å². The summed E-state index contributed by atoms with van der Waals surface area (Å²) in [7, 11) is 0. The minimum atomic E-state index is -0.0345. The maximum atomic E-state index is 11.7. The van der Waals surface area contributed by atoms with Crippen LogP contribution in [-0.4, -0.2) is 22.1 Å². The Morgan fingerprint density at radius 2 is 2.00 bits per heavy atom. The highest BCUT2D eigenvalue weighted by molar-refractivity contribution is 5.78. The van der Waals surface area contributed by atoms with E-state index in [-0.39, 0.29) is 11.7 Å². The molecule has 1 aromatic heterocycles. The standard InChI is InChI=1S/C14H16N2O2/c17-13-5-3-4-12(10-13)11-14(18)15-6-9-16-7-1-2-8-16/h1-5,7-8,10,17H,6,9,11H2,(H,15,18). The first-order valence-corrected chi connectivity index (χ1v) is 5.89. The van der Waals surface area contributed by atoms with Crippen molar-refractivity contribution in [1.82, 2.24) is 9.88 Å². The molecule has 2 aromatic rings. The van der Waals surface area contributed by atoms with Gasteiger partial charge in [-0.05, 0) is 29.8 Å². The Hall–Kier alpha value is -2.23. The molecule has 18 heavy (non-hydrogen) atoms. The monoisotopic (exact) mass is 244 g/mol. The first kappa shape index (κ1) is 12.2. The van der Waals surface area contributed by atoms with Gasteiger partial charge in [0.15, 0.2) is 0 Å². The van der Waals surface area contributed by atoms with Gasteiger partial charge >= 0.3 is 0 Å². The minimum absolute atomic E-state index is 0.0345. The molecule has 2 rings (SSSR count). The Morgan fingerprint density at radius 1 is 1.22 bits per heavy atom. The number of rotatable bonds is 5. The summed E-state index contributed by atoms with van der Waals surface area (Å²) in [5.41, 5.74) is 0.813. The van der Waals surface area contributed by atoms with Crippen LogP contribution in [0.1, 0.15) is 5.56 Å². The first-order chi connectivity index (χ1) is 8.74. The lowest BCUT2D eigenvalue weighted by Gasteiger charge is -2.06. The van der Waals surface area contributed by atoms with Crippen molar-refractivity contribution in [1.29, 1.82) is 0 Å². The van der Waals surface area contributed by atoms with Crippen LogP contribution in [-0.2, 0) is 17.8 Å². The van der Waals surface area contributed by atoms with E-state index in [0.29, 0.717) is 13.0 Å². The predicted molar refractivity (Wildman–Crippen MR) is 69.3 cm³/mol. The molecule has 0 aliphatic carbocycles. The Bertz CT molecular complexity index is 506. The third-order valence-corrected chi connectivity index (χ3v) is 2.63. The number of hydrogen-bond donors (Lipinski definition) is 2. The van der Waals surface area contributed by atoms with E-state index in [9.17, 15) is 9.90 Å². The molecule has 1 heterocycles. The molecular weight excluding hydrogens is 228 g/mol. The minimum Gasteiger partial charge on any atom is -0.508 e. The molecule has 1 aromatic carbocycles. The molecule has 0 unspecified atom stereocenters. The Morgan fingerprint density at radius 3 is 2.72 bits per heavy atom. The van der Waals surface area contributed by atoms with Gasteiger partial charge in [-0.1, -0.05) is 12.1 Å². The lowest BCUT2D eigenvalue weighted by molar-refractivity contribution is -0.120. The van der Waals surface area contributed by atoms with Gasteiger partial charge < -0.3 is 15.0 Å². The molecule has 4 nitrogen and oxygen atoms in total. The lowest BCUT2D eigenvalue weighted by Crippen LogP contribution is -2.28. The highest BCUT2D eigenvalue weighted by Crippen LogP contribution is 2.11. The highest BCUT2D eigenvalue weighted by atomic mass is 16.3. The number of aromatic hydroxyl groups is 1. The SMILES string of the molecule is O=C(Cc1cccc(O)c1)NCCn1cccc1. The van der Waals surface area contributed by atoms with Crippen LogP contribution in [0, 0.1) is 0 Å². The zero-order valence-electron chi connectivity index (χ0n) is 10.0. The fourth-order valence-corrected chi connectivity index (χ4v) is 1.76. The largest absolute Gasteiger partial charge is 0.508 e. The molecule has 0 aliphatic heterocycles. The third-order valence-electron chi connectivity index (χ3n) is 2.63. The number of aromatic nitrogens is 1. The molecule has 0 saturated carbocycles. The van der Waals surface area contributed by atoms with E-state index in [1.807, 2.05) is 35.2 Å². The average Bonchev–Trinajstić information content (AvgIpc) is 2.82. The fraction of sp³-hybridized carbons (Fsp3) is 0.214. The summed E-state index contributed by atoms with van der Waals surface area (Å²) >= 11 is 0. The van der Waals surface area contributed by atoms with Crippen LogP contribution in [0.15, 0.2) is 48.8 Å². The van der Waals surface area contributed by atoms with Gasteiger partial charge in [-0.25, -0.2) is 0 Å². The average molecular weight is 244 g/mol. The summed E-state index contributed by atoms with van der Waals surface area (Å²) in [6.45, 7) is 1.37. The number of benzene rings is 1. The zero-order valence-corrected chi connectivity index (χ0v) is 10.0. The van der Waals surface area contributed by atoms with Gasteiger partial charge in [-0.3, -0.25) is 4.79 Å². The van der Waals surface area contributed by atoms with Crippen LogP contribution in [0.5, 0.6) is 5.75 Å². The fourth-order valence-electron chi connectivity index (χ4n) is 1.76. The molecule has 1 amide bonds. The van der Waals surface area contributed by atoms with Gasteiger partial charge in [0.2, 0.25) is 5.91 Å². The number of nitrogens with one attached hydrogen (secondary N) is 1. The summed E-state index contributed by atoms with van der Waals surface area (Å²) < 4.78 is 2.01. The van der Waals surface area contributed by atoms with Crippen molar-refractivity contribution in [2.45, 2.75) is 13.0 Å². The van der Waals surface area contributed by atoms with Gasteiger partial charge in [-0.15, -0.1) is 0 Å². The Balaban J connectivity index is 1.75. The second-order valence-corrected chi connectivity index (χ2v) is 4.12. The zero-order chi connectivity index (χ0) is 12.8. The van der Waals surface area contributed by atoms with Crippen molar-refractivity contribution < 1.29 is 9.90 Å². The molecule has 0 bridgehead atoms. The van der Waals surface area contributed by atoms with Crippen LogP contribution in [0.25, 0.3) is 0 Å². The van der Waals surface area contributed by atoms with Crippen LogP contribution in [0.2, 0.25) is 0 Å². The number of hydrogen-bond acceptors (Lipinski definition) is 2. The Labute approximate surface area is 106 Å². The molecule has 0 spiro atoms. The van der Waals surface area contributed by atoms with E-state index in [0.717, 1.165) is 12.1 Å². The van der Waals surface area contributed by atoms with Gasteiger partial charge in [0.1, 0.15) is 5.75 Å². The number of phenols is 1. The topological polar surface area (TPSA) is 54.3 Å². The van der Waals surface area contributed by atoms with E-state index in [1.165, 1.54) is 0 Å². The maximum absolute atomic E-state index is 11.7. The van der Waals surface area contributed by atoms with E-state index in [4.69, 9.17) is 0 Å². The van der Waals surface area contributed by atoms with E-state index in [1.54, 1.807) is 18.2 Å². The predicted octanol–water partition coefficient (Wildman–Crippen LogP) is 1.55. The molecule has 0 aliphatic rings. The smallest absolute Gasteiger partial charge is 0.224 e. The quantitative estimate of drug-likeness (QED) is 0.838. The summed E-state index contributed by atoms with van der Waals surface area (Å²) in [5.74, 6) is 0.153. The molecule has 2 N–H and O–H groups in total.